The molecule has 0 unspecified atom stereocenters. The molecule has 0 aliphatic rings. The average molecular weight is 231 g/mol. The van der Waals surface area contributed by atoms with Gasteiger partial charge in [-0.25, -0.2) is 0 Å². The Bertz CT molecular complexity index is 487. The van der Waals surface area contributed by atoms with E-state index in [1.54, 1.807) is 18.3 Å². The molecule has 5 heteroatoms. The van der Waals surface area contributed by atoms with Crippen molar-refractivity contribution in [3.8, 4) is 0 Å². The van der Waals surface area contributed by atoms with Crippen LogP contribution in [0.15, 0.2) is 58.4 Å². The molecule has 0 bridgehead atoms. The van der Waals surface area contributed by atoms with Gasteiger partial charge < -0.3 is 0 Å². The number of benzene rings is 1. The van der Waals surface area contributed by atoms with Crippen molar-refractivity contribution in [1.82, 2.24) is 0 Å². The Morgan fingerprint density at radius 2 is 1.94 bits per heavy atom. The van der Waals surface area contributed by atoms with Gasteiger partial charge in [0.05, 0.1) is 16.8 Å². The Kier molecular flexibility index (Phi) is 4.28. The Morgan fingerprint density at radius 1 is 1.35 bits per heavy atom. The van der Waals surface area contributed by atoms with Gasteiger partial charge in [0.1, 0.15) is 0 Å². The fourth-order valence-electron chi connectivity index (χ4n) is 0.933. The summed E-state index contributed by atoms with van der Waals surface area (Å²) in [7, 11) is 0. The zero-order chi connectivity index (χ0) is 12.8. The minimum Gasteiger partial charge on any atom is -0.258 e. The Labute approximate surface area is 99.3 Å². The number of nitrogens with zero attached hydrogens (tertiary/aromatic N) is 3. The van der Waals surface area contributed by atoms with E-state index >= 15 is 0 Å². The van der Waals surface area contributed by atoms with Crippen molar-refractivity contribution in [3.05, 3.63) is 58.3 Å². The second-order valence-corrected chi connectivity index (χ2v) is 3.58. The van der Waals surface area contributed by atoms with Gasteiger partial charge in [-0.1, -0.05) is 12.2 Å². The van der Waals surface area contributed by atoms with E-state index in [1.165, 1.54) is 12.1 Å². The van der Waals surface area contributed by atoms with Crippen molar-refractivity contribution in [2.24, 2.45) is 10.2 Å². The smallest absolute Gasteiger partial charge is 0.258 e. The molecule has 0 fully saturated rings. The lowest BCUT2D eigenvalue weighted by Crippen LogP contribution is -1.85. The molecule has 0 N–H and O–H groups in total. The minimum absolute atomic E-state index is 0.0395. The second-order valence-electron chi connectivity index (χ2n) is 3.58. The molecule has 1 aromatic rings. The van der Waals surface area contributed by atoms with E-state index in [1.807, 2.05) is 13.8 Å². The first-order valence-corrected chi connectivity index (χ1v) is 4.98. The van der Waals surface area contributed by atoms with Gasteiger partial charge >= 0.3 is 0 Å². The summed E-state index contributed by atoms with van der Waals surface area (Å²) in [6.45, 7) is 7.54. The first-order valence-electron chi connectivity index (χ1n) is 4.98. The van der Waals surface area contributed by atoms with Crippen molar-refractivity contribution >= 4 is 11.4 Å². The number of hydrogen-bond donors (Lipinski definition) is 0. The molecule has 0 amide bonds. The van der Waals surface area contributed by atoms with Crippen LogP contribution in [0.1, 0.15) is 13.8 Å². The number of allylic oxidation sites excluding steroid dienone is 2. The van der Waals surface area contributed by atoms with Gasteiger partial charge in [0.15, 0.2) is 0 Å². The zero-order valence-corrected chi connectivity index (χ0v) is 9.75. The molecule has 1 rings (SSSR count). The van der Waals surface area contributed by atoms with Crippen molar-refractivity contribution < 1.29 is 4.92 Å². The van der Waals surface area contributed by atoms with Gasteiger partial charge in [-0.05, 0) is 31.6 Å². The first-order chi connectivity index (χ1) is 8.00. The third kappa shape index (κ3) is 3.98. The summed E-state index contributed by atoms with van der Waals surface area (Å²) >= 11 is 0. The lowest BCUT2D eigenvalue weighted by Gasteiger charge is -1.94. The lowest BCUT2D eigenvalue weighted by atomic mass is 10.2. The summed E-state index contributed by atoms with van der Waals surface area (Å²) < 4.78 is 0. The van der Waals surface area contributed by atoms with E-state index < -0.39 is 4.92 Å². The van der Waals surface area contributed by atoms with E-state index in [-0.39, 0.29) is 5.69 Å². The summed E-state index contributed by atoms with van der Waals surface area (Å²) in [6.07, 6.45) is 1.60. The van der Waals surface area contributed by atoms with Crippen molar-refractivity contribution in [2.75, 3.05) is 0 Å². The molecule has 0 aliphatic carbocycles. The van der Waals surface area contributed by atoms with Crippen molar-refractivity contribution in [1.29, 1.82) is 0 Å². The minimum atomic E-state index is -0.452. The van der Waals surface area contributed by atoms with Crippen LogP contribution in [0.3, 0.4) is 0 Å². The van der Waals surface area contributed by atoms with Crippen LogP contribution in [-0.2, 0) is 0 Å². The predicted molar refractivity (Wildman–Crippen MR) is 66.2 cm³/mol. The maximum Gasteiger partial charge on any atom is 0.269 e. The standard InChI is InChI=1S/C12H13N3O2/c1-9(2)10(3)8-13-14-11-4-6-12(7-5-11)15(16)17/h4-8H,1H2,2-3H3/b10-8+,14-13?. The third-order valence-electron chi connectivity index (χ3n) is 2.16. The Hall–Kier alpha value is -2.30. The van der Waals surface area contributed by atoms with Crippen LogP contribution in [0.4, 0.5) is 11.4 Å². The Balaban J connectivity index is 2.76. The van der Waals surface area contributed by atoms with Crippen LogP contribution >= 0.6 is 0 Å². The van der Waals surface area contributed by atoms with Gasteiger partial charge in [0.25, 0.3) is 5.69 Å². The summed E-state index contributed by atoms with van der Waals surface area (Å²) in [6, 6.07) is 5.88. The van der Waals surface area contributed by atoms with Crippen LogP contribution in [0.2, 0.25) is 0 Å². The number of non-ortho nitro benzene ring substituents is 1. The van der Waals surface area contributed by atoms with E-state index in [4.69, 9.17) is 0 Å². The molecular formula is C12H13N3O2. The predicted octanol–water partition coefficient (Wildman–Crippen LogP) is 4.16. The van der Waals surface area contributed by atoms with Gasteiger partial charge in [0, 0.05) is 12.1 Å². The summed E-state index contributed by atoms with van der Waals surface area (Å²) in [5, 5.41) is 18.2. The first kappa shape index (κ1) is 12.8. The van der Waals surface area contributed by atoms with E-state index in [9.17, 15) is 10.1 Å². The topological polar surface area (TPSA) is 67.9 Å². The molecule has 0 saturated heterocycles. The quantitative estimate of drug-likeness (QED) is 0.338. The molecule has 5 nitrogen and oxygen atoms in total. The fourth-order valence-corrected chi connectivity index (χ4v) is 0.933. The van der Waals surface area contributed by atoms with Gasteiger partial charge in [0.2, 0.25) is 0 Å². The van der Waals surface area contributed by atoms with Gasteiger partial charge in [-0.15, -0.1) is 0 Å². The molecule has 88 valence electrons. The average Bonchev–Trinajstić information content (AvgIpc) is 2.29. The molecule has 0 atom stereocenters. The molecule has 1 aromatic carbocycles. The Morgan fingerprint density at radius 3 is 2.41 bits per heavy atom. The summed E-state index contributed by atoms with van der Waals surface area (Å²) in [5.41, 5.74) is 2.47. The number of azo groups is 1. The fraction of sp³-hybridized carbons (Fsp3) is 0.167. The zero-order valence-electron chi connectivity index (χ0n) is 9.75. The monoisotopic (exact) mass is 231 g/mol. The normalized spacial score (nSPS) is 11.8. The highest BCUT2D eigenvalue weighted by atomic mass is 16.6. The lowest BCUT2D eigenvalue weighted by molar-refractivity contribution is -0.384. The van der Waals surface area contributed by atoms with Crippen LogP contribution < -0.4 is 0 Å². The van der Waals surface area contributed by atoms with E-state index in [0.717, 1.165) is 11.1 Å². The summed E-state index contributed by atoms with van der Waals surface area (Å²) in [4.78, 5) is 9.97. The van der Waals surface area contributed by atoms with Crippen LogP contribution in [0.5, 0.6) is 0 Å². The highest BCUT2D eigenvalue weighted by Crippen LogP contribution is 2.18. The van der Waals surface area contributed by atoms with Crippen molar-refractivity contribution in [3.63, 3.8) is 0 Å². The van der Waals surface area contributed by atoms with Gasteiger partial charge in [-0.3, -0.25) is 10.1 Å². The third-order valence-corrected chi connectivity index (χ3v) is 2.16. The van der Waals surface area contributed by atoms with Crippen LogP contribution in [-0.4, -0.2) is 4.92 Å². The molecule has 0 aromatic heterocycles. The number of nitro groups is 1. The molecule has 0 heterocycles. The number of rotatable bonds is 4. The molecule has 0 radical (unpaired) electrons. The molecule has 17 heavy (non-hydrogen) atoms. The number of hydrogen-bond acceptors (Lipinski definition) is 4. The van der Waals surface area contributed by atoms with Crippen LogP contribution in [0, 0.1) is 10.1 Å². The van der Waals surface area contributed by atoms with Gasteiger partial charge in [-0.2, -0.15) is 10.2 Å². The maximum absolute atomic E-state index is 10.4. The largest absolute Gasteiger partial charge is 0.269 e. The highest BCUT2D eigenvalue weighted by Gasteiger charge is 2.02. The molecule has 0 saturated carbocycles. The molecule has 0 spiro atoms. The maximum atomic E-state index is 10.4. The molecule has 0 aliphatic heterocycles. The SMILES string of the molecule is C=C(C)/C(C)=C/N=Nc1ccc([N+](=O)[O-])cc1. The van der Waals surface area contributed by atoms with Crippen LogP contribution in [0.25, 0.3) is 0 Å². The molecular weight excluding hydrogens is 218 g/mol. The number of nitro benzene ring substituents is 1. The van der Waals surface area contributed by atoms with E-state index in [2.05, 4.69) is 16.8 Å². The second kappa shape index (κ2) is 5.69. The van der Waals surface area contributed by atoms with Crippen molar-refractivity contribution in [2.45, 2.75) is 13.8 Å². The van der Waals surface area contributed by atoms with E-state index in [0.29, 0.717) is 5.69 Å². The summed E-state index contributed by atoms with van der Waals surface area (Å²) in [5.74, 6) is 0. The highest BCUT2D eigenvalue weighted by molar-refractivity contribution is 5.43.